The standard InChI is InChI=1S/C21H23FN4O3S/c1-21(2)10-14-16(28-13-5-6-18(30-4)15(22)9-13)7-12(8-17(14)29-21)20(27)26-19(23)11-25-24-3/h5-9,11,24H,10H2,1-4H3,(H2,23,26,27)/b25-11-. The summed E-state index contributed by atoms with van der Waals surface area (Å²) < 4.78 is 26.1. The van der Waals surface area contributed by atoms with Crippen LogP contribution in [0.3, 0.4) is 0 Å². The number of halogens is 1. The molecule has 158 valence electrons. The van der Waals surface area contributed by atoms with Gasteiger partial charge >= 0.3 is 0 Å². The number of hydrazone groups is 1. The Bertz CT molecular complexity index is 1040. The van der Waals surface area contributed by atoms with Crippen LogP contribution < -0.4 is 20.6 Å². The van der Waals surface area contributed by atoms with Gasteiger partial charge in [0, 0.05) is 35.6 Å². The van der Waals surface area contributed by atoms with Gasteiger partial charge in [-0.3, -0.25) is 4.79 Å². The van der Waals surface area contributed by atoms with Crippen LogP contribution in [0.15, 0.2) is 45.3 Å². The first-order chi connectivity index (χ1) is 14.2. The molecule has 0 spiro atoms. The molecule has 0 unspecified atom stereocenters. The van der Waals surface area contributed by atoms with Crippen LogP contribution in [0.2, 0.25) is 0 Å². The van der Waals surface area contributed by atoms with Gasteiger partial charge in [0.1, 0.15) is 34.5 Å². The smallest absolute Gasteiger partial charge is 0.279 e. The number of amides is 1. The van der Waals surface area contributed by atoms with Gasteiger partial charge in [0.2, 0.25) is 0 Å². The van der Waals surface area contributed by atoms with E-state index in [1.807, 2.05) is 13.8 Å². The van der Waals surface area contributed by atoms with Gasteiger partial charge < -0.3 is 20.6 Å². The van der Waals surface area contributed by atoms with Gasteiger partial charge in [-0.1, -0.05) is 0 Å². The van der Waals surface area contributed by atoms with Crippen molar-refractivity contribution in [1.29, 1.82) is 0 Å². The van der Waals surface area contributed by atoms with Crippen LogP contribution in [0.25, 0.3) is 0 Å². The highest BCUT2D eigenvalue weighted by molar-refractivity contribution is 7.98. The molecule has 0 bridgehead atoms. The lowest BCUT2D eigenvalue weighted by molar-refractivity contribution is 0.100. The van der Waals surface area contributed by atoms with Gasteiger partial charge in [0.15, 0.2) is 0 Å². The van der Waals surface area contributed by atoms with Crippen molar-refractivity contribution in [2.24, 2.45) is 15.8 Å². The summed E-state index contributed by atoms with van der Waals surface area (Å²) >= 11 is 1.31. The third-order valence-corrected chi connectivity index (χ3v) is 5.08. The molecule has 1 aliphatic rings. The second-order valence-corrected chi connectivity index (χ2v) is 8.06. The number of aliphatic imine (C=N–C) groups is 1. The van der Waals surface area contributed by atoms with E-state index in [4.69, 9.17) is 15.2 Å². The summed E-state index contributed by atoms with van der Waals surface area (Å²) in [6.07, 6.45) is 3.62. The van der Waals surface area contributed by atoms with E-state index in [9.17, 15) is 9.18 Å². The summed E-state index contributed by atoms with van der Waals surface area (Å²) in [6.45, 7) is 3.88. The molecule has 0 fully saturated rings. The van der Waals surface area contributed by atoms with Crippen molar-refractivity contribution in [1.82, 2.24) is 5.43 Å². The molecule has 0 aromatic heterocycles. The zero-order valence-corrected chi connectivity index (χ0v) is 18.0. The van der Waals surface area contributed by atoms with Crippen molar-refractivity contribution in [3.8, 4) is 17.2 Å². The zero-order valence-electron chi connectivity index (χ0n) is 17.2. The van der Waals surface area contributed by atoms with Crippen LogP contribution >= 0.6 is 11.8 Å². The minimum absolute atomic E-state index is 0.0479. The highest BCUT2D eigenvalue weighted by atomic mass is 32.2. The van der Waals surface area contributed by atoms with Gasteiger partial charge in [0.05, 0.1) is 6.21 Å². The van der Waals surface area contributed by atoms with E-state index in [1.54, 1.807) is 37.6 Å². The highest BCUT2D eigenvalue weighted by Gasteiger charge is 2.34. The first kappa shape index (κ1) is 21.6. The van der Waals surface area contributed by atoms with E-state index in [1.165, 1.54) is 24.0 Å². The lowest BCUT2D eigenvalue weighted by Crippen LogP contribution is -2.24. The minimum atomic E-state index is -0.570. The maximum Gasteiger partial charge on any atom is 0.279 e. The fourth-order valence-corrected chi connectivity index (χ4v) is 3.50. The number of fused-ring (bicyclic) bond motifs is 1. The van der Waals surface area contributed by atoms with Crippen molar-refractivity contribution in [2.75, 3.05) is 13.3 Å². The number of benzene rings is 2. The molecular formula is C21H23FN4O3S. The predicted molar refractivity (Wildman–Crippen MR) is 117 cm³/mol. The maximum absolute atomic E-state index is 14.2. The van der Waals surface area contributed by atoms with Crippen molar-refractivity contribution in [3.05, 3.63) is 47.3 Å². The first-order valence-corrected chi connectivity index (χ1v) is 10.4. The Hall–Kier alpha value is -3.07. The van der Waals surface area contributed by atoms with E-state index >= 15 is 0 Å². The van der Waals surface area contributed by atoms with Crippen molar-refractivity contribution in [3.63, 3.8) is 0 Å². The number of nitrogens with zero attached hydrogens (tertiary/aromatic N) is 2. The number of ether oxygens (including phenoxy) is 2. The Morgan fingerprint density at radius 2 is 2.13 bits per heavy atom. The molecule has 0 saturated carbocycles. The molecule has 9 heteroatoms. The number of carbonyl (C=O) groups is 1. The van der Waals surface area contributed by atoms with E-state index in [2.05, 4.69) is 15.5 Å². The Labute approximate surface area is 178 Å². The summed E-state index contributed by atoms with van der Waals surface area (Å²) in [5, 5.41) is 3.72. The quantitative estimate of drug-likeness (QED) is 0.313. The summed E-state index contributed by atoms with van der Waals surface area (Å²) in [7, 11) is 1.60. The van der Waals surface area contributed by atoms with E-state index in [0.717, 1.165) is 5.56 Å². The molecule has 30 heavy (non-hydrogen) atoms. The molecule has 1 amide bonds. The number of carbonyl (C=O) groups excluding carboxylic acids is 1. The number of rotatable bonds is 6. The van der Waals surface area contributed by atoms with Gasteiger partial charge in [-0.05, 0) is 44.4 Å². The number of hydrogen-bond acceptors (Lipinski definition) is 6. The van der Waals surface area contributed by atoms with E-state index in [0.29, 0.717) is 28.6 Å². The molecular weight excluding hydrogens is 407 g/mol. The average molecular weight is 431 g/mol. The number of nitrogens with two attached hydrogens (primary N) is 1. The van der Waals surface area contributed by atoms with Crippen molar-refractivity contribution in [2.45, 2.75) is 30.8 Å². The van der Waals surface area contributed by atoms with Crippen LogP contribution in [-0.2, 0) is 6.42 Å². The van der Waals surface area contributed by atoms with Crippen LogP contribution in [0.4, 0.5) is 4.39 Å². The normalized spacial score (nSPS) is 15.0. The molecule has 3 N–H and O–H groups in total. The lowest BCUT2D eigenvalue weighted by atomic mass is 9.99. The second kappa shape index (κ2) is 8.74. The van der Waals surface area contributed by atoms with E-state index in [-0.39, 0.29) is 17.2 Å². The molecule has 2 aromatic rings. The minimum Gasteiger partial charge on any atom is -0.487 e. The maximum atomic E-state index is 14.2. The number of hydrogen-bond donors (Lipinski definition) is 2. The molecule has 3 rings (SSSR count). The Balaban J connectivity index is 1.99. The Kier molecular flexibility index (Phi) is 6.31. The number of amidine groups is 1. The monoisotopic (exact) mass is 430 g/mol. The molecule has 0 saturated heterocycles. The fraction of sp³-hybridized carbons (Fsp3) is 0.286. The summed E-state index contributed by atoms with van der Waals surface area (Å²) in [5.41, 5.74) is 8.81. The average Bonchev–Trinajstić information content (AvgIpc) is 3.00. The largest absolute Gasteiger partial charge is 0.487 e. The summed E-state index contributed by atoms with van der Waals surface area (Å²) in [6, 6.07) is 7.83. The SMILES string of the molecule is CN/N=C\C(N)=NC(=O)c1cc(Oc2ccc(SC)c(F)c2)c2c(c1)OC(C)(C)C2. The van der Waals surface area contributed by atoms with Crippen LogP contribution in [-0.4, -0.2) is 36.9 Å². The second-order valence-electron chi connectivity index (χ2n) is 7.21. The van der Waals surface area contributed by atoms with Crippen LogP contribution in [0, 0.1) is 5.82 Å². The van der Waals surface area contributed by atoms with Gasteiger partial charge in [-0.25, -0.2) is 4.39 Å². The third kappa shape index (κ3) is 4.91. The lowest BCUT2D eigenvalue weighted by Gasteiger charge is -2.16. The predicted octanol–water partition coefficient (Wildman–Crippen LogP) is 3.76. The number of thioether (sulfide) groups is 1. The fourth-order valence-electron chi connectivity index (χ4n) is 3.04. The molecule has 0 radical (unpaired) electrons. The highest BCUT2D eigenvalue weighted by Crippen LogP contribution is 2.43. The Morgan fingerprint density at radius 1 is 1.37 bits per heavy atom. The summed E-state index contributed by atoms with van der Waals surface area (Å²) in [5.74, 6) is 0.274. The van der Waals surface area contributed by atoms with E-state index < -0.39 is 11.5 Å². The topological polar surface area (TPSA) is 98.3 Å². The Morgan fingerprint density at radius 3 is 2.80 bits per heavy atom. The molecule has 7 nitrogen and oxygen atoms in total. The van der Waals surface area contributed by atoms with Gasteiger partial charge in [-0.2, -0.15) is 10.1 Å². The molecule has 1 heterocycles. The van der Waals surface area contributed by atoms with Crippen molar-refractivity contribution >= 4 is 29.7 Å². The summed E-state index contributed by atoms with van der Waals surface area (Å²) in [4.78, 5) is 16.9. The molecule has 0 atom stereocenters. The molecule has 1 aliphatic heterocycles. The third-order valence-electron chi connectivity index (χ3n) is 4.31. The van der Waals surface area contributed by atoms with Gasteiger partial charge in [-0.15, -0.1) is 11.8 Å². The first-order valence-electron chi connectivity index (χ1n) is 9.18. The molecule has 2 aromatic carbocycles. The van der Waals surface area contributed by atoms with Gasteiger partial charge in [0.25, 0.3) is 5.91 Å². The molecule has 0 aliphatic carbocycles. The van der Waals surface area contributed by atoms with Crippen LogP contribution in [0.5, 0.6) is 17.2 Å². The van der Waals surface area contributed by atoms with Crippen molar-refractivity contribution < 1.29 is 18.7 Å². The number of nitrogens with one attached hydrogen (secondary N) is 1. The zero-order chi connectivity index (χ0) is 21.9. The van der Waals surface area contributed by atoms with Crippen LogP contribution in [0.1, 0.15) is 29.8 Å².